The summed E-state index contributed by atoms with van der Waals surface area (Å²) < 4.78 is 2.36. The van der Waals surface area contributed by atoms with Crippen molar-refractivity contribution in [2.75, 3.05) is 0 Å². The molecule has 0 spiro atoms. The number of imidazole rings is 1. The van der Waals surface area contributed by atoms with Crippen LogP contribution in [0.5, 0.6) is 0 Å². The van der Waals surface area contributed by atoms with Gasteiger partial charge in [-0.1, -0.05) is 111 Å². The third kappa shape index (κ3) is 5.36. The zero-order valence-corrected chi connectivity index (χ0v) is 21.5. The van der Waals surface area contributed by atoms with Gasteiger partial charge in [-0.3, -0.25) is 0 Å². The van der Waals surface area contributed by atoms with Gasteiger partial charge in [-0.05, 0) is 47.9 Å². The molecule has 0 fully saturated rings. The van der Waals surface area contributed by atoms with Gasteiger partial charge in [0.05, 0.1) is 21.0 Å². The Balaban J connectivity index is 1.83. The van der Waals surface area contributed by atoms with E-state index in [1.165, 1.54) is 53.1 Å². The van der Waals surface area contributed by atoms with Gasteiger partial charge >= 0.3 is 0 Å². The van der Waals surface area contributed by atoms with Gasteiger partial charge in [-0.25, -0.2) is 4.98 Å². The van der Waals surface area contributed by atoms with Crippen LogP contribution in [0.4, 0.5) is 0 Å². The minimum absolute atomic E-state index is 0.218. The largest absolute Gasteiger partial charge is 0.326 e. The standard InChI is InChI=1S/C30H36N2Si/c1-3-5-10-25-14-18-27(19-15-25)30(32-23-22-31-24-32,33-29-12-8-7-9-13-29)28-20-16-26(17-21-28)11-6-4-2/h7-9,12-24H,3-6,10-11,33H2,1-2H3. The quantitative estimate of drug-likeness (QED) is 0.263. The van der Waals surface area contributed by atoms with Gasteiger partial charge in [0.15, 0.2) is 0 Å². The molecule has 0 radical (unpaired) electrons. The van der Waals surface area contributed by atoms with Gasteiger partial charge in [-0.15, -0.1) is 0 Å². The summed E-state index contributed by atoms with van der Waals surface area (Å²) in [6.45, 7) is 4.52. The Hall–Kier alpha value is -2.91. The van der Waals surface area contributed by atoms with Crippen LogP contribution >= 0.6 is 0 Å². The van der Waals surface area contributed by atoms with Crippen LogP contribution in [0.3, 0.4) is 0 Å². The first kappa shape index (κ1) is 23.3. The minimum Gasteiger partial charge on any atom is -0.326 e. The lowest BCUT2D eigenvalue weighted by Gasteiger charge is -2.37. The van der Waals surface area contributed by atoms with Gasteiger partial charge in [0, 0.05) is 12.4 Å². The summed E-state index contributed by atoms with van der Waals surface area (Å²) in [5, 5.41) is 1.24. The second-order valence-electron chi connectivity index (χ2n) is 9.09. The average molecular weight is 453 g/mol. The van der Waals surface area contributed by atoms with Crippen molar-refractivity contribution in [1.29, 1.82) is 0 Å². The number of hydrogen-bond donors (Lipinski definition) is 0. The summed E-state index contributed by atoms with van der Waals surface area (Å²) in [5.74, 6) is 0. The second-order valence-corrected chi connectivity index (χ2v) is 11.3. The fourth-order valence-electron chi connectivity index (χ4n) is 4.79. The monoisotopic (exact) mass is 452 g/mol. The molecule has 0 saturated heterocycles. The summed E-state index contributed by atoms with van der Waals surface area (Å²) >= 11 is 0. The topological polar surface area (TPSA) is 17.8 Å². The SMILES string of the molecule is CCCCc1ccc(C([SiH2]c2ccccc2)(c2ccc(CCCC)cc2)n2ccnc2)cc1. The van der Waals surface area contributed by atoms with Gasteiger partial charge in [0.25, 0.3) is 0 Å². The molecule has 0 atom stereocenters. The van der Waals surface area contributed by atoms with Crippen molar-refractivity contribution < 1.29 is 0 Å². The Morgan fingerprint density at radius 3 is 1.73 bits per heavy atom. The van der Waals surface area contributed by atoms with E-state index in [4.69, 9.17) is 0 Å². The van der Waals surface area contributed by atoms with Crippen molar-refractivity contribution in [1.82, 2.24) is 9.55 Å². The molecule has 0 bridgehead atoms. The zero-order chi connectivity index (χ0) is 22.9. The normalized spacial score (nSPS) is 11.9. The summed E-state index contributed by atoms with van der Waals surface area (Å²) in [6, 6.07) is 29.9. The Labute approximate surface area is 201 Å². The third-order valence-corrected chi connectivity index (χ3v) is 9.32. The molecule has 3 aromatic carbocycles. The van der Waals surface area contributed by atoms with Crippen LogP contribution in [0.1, 0.15) is 61.8 Å². The van der Waals surface area contributed by atoms with E-state index in [9.17, 15) is 0 Å². The first-order valence-corrected chi connectivity index (χ1v) is 13.9. The smallest absolute Gasteiger partial charge is 0.0965 e. The summed E-state index contributed by atoms with van der Waals surface area (Å²) in [7, 11) is -0.803. The molecule has 1 aromatic heterocycles. The lowest BCUT2D eigenvalue weighted by Crippen LogP contribution is -2.46. The number of rotatable bonds is 11. The molecule has 1 heterocycles. The van der Waals surface area contributed by atoms with Crippen molar-refractivity contribution in [2.24, 2.45) is 0 Å². The molecule has 0 saturated carbocycles. The maximum Gasteiger partial charge on any atom is 0.0965 e. The van der Waals surface area contributed by atoms with Crippen LogP contribution < -0.4 is 5.19 Å². The van der Waals surface area contributed by atoms with Crippen molar-refractivity contribution in [3.63, 3.8) is 0 Å². The molecule has 170 valence electrons. The Bertz CT molecular complexity index is 1030. The van der Waals surface area contributed by atoms with E-state index >= 15 is 0 Å². The predicted molar refractivity (Wildman–Crippen MR) is 143 cm³/mol. The van der Waals surface area contributed by atoms with Crippen LogP contribution in [0.25, 0.3) is 0 Å². The van der Waals surface area contributed by atoms with Crippen LogP contribution in [0, 0.1) is 0 Å². The van der Waals surface area contributed by atoms with E-state index in [-0.39, 0.29) is 5.16 Å². The lowest BCUT2D eigenvalue weighted by atomic mass is 9.94. The number of benzene rings is 3. The van der Waals surface area contributed by atoms with E-state index in [1.54, 1.807) is 0 Å². The van der Waals surface area contributed by atoms with Crippen molar-refractivity contribution >= 4 is 14.7 Å². The van der Waals surface area contributed by atoms with Gasteiger partial charge < -0.3 is 4.57 Å². The summed E-state index contributed by atoms with van der Waals surface area (Å²) in [4.78, 5) is 4.48. The average Bonchev–Trinajstić information content (AvgIpc) is 3.42. The molecule has 0 aliphatic heterocycles. The Morgan fingerprint density at radius 2 is 1.27 bits per heavy atom. The van der Waals surface area contributed by atoms with E-state index in [2.05, 4.69) is 108 Å². The van der Waals surface area contributed by atoms with E-state index in [0.29, 0.717) is 0 Å². The number of aryl methyl sites for hydroxylation is 2. The Morgan fingerprint density at radius 1 is 0.727 bits per heavy atom. The van der Waals surface area contributed by atoms with Crippen LogP contribution in [0.15, 0.2) is 97.6 Å². The molecular formula is C30H36N2Si. The number of nitrogens with zero attached hydrogens (tertiary/aromatic N) is 2. The molecule has 2 nitrogen and oxygen atoms in total. The highest BCUT2D eigenvalue weighted by molar-refractivity contribution is 6.57. The highest BCUT2D eigenvalue weighted by Crippen LogP contribution is 2.34. The molecule has 33 heavy (non-hydrogen) atoms. The molecule has 0 aliphatic rings. The van der Waals surface area contributed by atoms with E-state index in [1.807, 2.05) is 12.5 Å². The highest BCUT2D eigenvalue weighted by Gasteiger charge is 2.36. The molecular weight excluding hydrogens is 416 g/mol. The summed E-state index contributed by atoms with van der Waals surface area (Å²) in [6.07, 6.45) is 13.3. The third-order valence-electron chi connectivity index (χ3n) is 6.75. The predicted octanol–water partition coefficient (Wildman–Crippen LogP) is 5.81. The minimum atomic E-state index is -0.803. The van der Waals surface area contributed by atoms with E-state index in [0.717, 1.165) is 12.8 Å². The molecule has 4 rings (SSSR count). The molecule has 0 amide bonds. The van der Waals surface area contributed by atoms with E-state index < -0.39 is 9.52 Å². The second kappa shape index (κ2) is 11.3. The number of aromatic nitrogens is 2. The van der Waals surface area contributed by atoms with Gasteiger partial charge in [-0.2, -0.15) is 0 Å². The van der Waals surface area contributed by atoms with Crippen LogP contribution in [-0.2, 0) is 18.0 Å². The van der Waals surface area contributed by atoms with Crippen LogP contribution in [0.2, 0.25) is 0 Å². The molecule has 0 aliphatic carbocycles. The molecule has 4 aromatic rings. The maximum absolute atomic E-state index is 4.48. The summed E-state index contributed by atoms with van der Waals surface area (Å²) in [5.41, 5.74) is 5.57. The van der Waals surface area contributed by atoms with Crippen molar-refractivity contribution in [3.8, 4) is 0 Å². The number of unbranched alkanes of at least 4 members (excludes halogenated alkanes) is 2. The molecule has 0 N–H and O–H groups in total. The Kier molecular flexibility index (Phi) is 7.95. The fraction of sp³-hybridized carbons (Fsp3) is 0.300. The molecule has 0 unspecified atom stereocenters. The first-order chi connectivity index (χ1) is 16.3. The lowest BCUT2D eigenvalue weighted by molar-refractivity contribution is 0.596. The highest BCUT2D eigenvalue weighted by atomic mass is 28.2. The van der Waals surface area contributed by atoms with Gasteiger partial charge in [0.2, 0.25) is 0 Å². The number of hydrogen-bond acceptors (Lipinski definition) is 1. The first-order valence-electron chi connectivity index (χ1n) is 12.5. The van der Waals surface area contributed by atoms with Crippen LogP contribution in [-0.4, -0.2) is 19.1 Å². The fourth-order valence-corrected chi connectivity index (χ4v) is 7.14. The zero-order valence-electron chi connectivity index (χ0n) is 20.1. The maximum atomic E-state index is 4.48. The molecule has 3 heteroatoms. The van der Waals surface area contributed by atoms with Crippen molar-refractivity contribution in [3.05, 3.63) is 120 Å². The van der Waals surface area contributed by atoms with Crippen molar-refractivity contribution in [2.45, 2.75) is 57.5 Å². The van der Waals surface area contributed by atoms with Gasteiger partial charge in [0.1, 0.15) is 0 Å².